The molecular weight excluding hydrogens is 326 g/mol. The van der Waals surface area contributed by atoms with Crippen LogP contribution in [0.5, 0.6) is 0 Å². The second-order valence-corrected chi connectivity index (χ2v) is 6.00. The van der Waals surface area contributed by atoms with Gasteiger partial charge in [0.15, 0.2) is 0 Å². The van der Waals surface area contributed by atoms with E-state index in [9.17, 15) is 20.1 Å². The lowest BCUT2D eigenvalue weighted by molar-refractivity contribution is 0.0174. The highest BCUT2D eigenvalue weighted by Crippen LogP contribution is 2.16. The quantitative estimate of drug-likeness (QED) is 0.419. The molecule has 1 amide bonds. The number of amides is 1. The molecule has 1 aliphatic heterocycles. The van der Waals surface area contributed by atoms with E-state index in [-0.39, 0.29) is 25.6 Å². The fraction of sp³-hybridized carbons (Fsp3) is 0.438. The third kappa shape index (κ3) is 3.85. The van der Waals surface area contributed by atoms with Crippen LogP contribution in [0.25, 0.3) is 0 Å². The van der Waals surface area contributed by atoms with E-state index in [4.69, 9.17) is 0 Å². The van der Waals surface area contributed by atoms with E-state index < -0.39 is 24.3 Å². The molecule has 2 aromatic rings. The van der Waals surface area contributed by atoms with Gasteiger partial charge in [0, 0.05) is 5.56 Å². The summed E-state index contributed by atoms with van der Waals surface area (Å²) in [6, 6.07) is 7.81. The number of nitrogens with one attached hydrogen (secondary N) is 2. The summed E-state index contributed by atoms with van der Waals surface area (Å²) in [5.41, 5.74) is 1.23. The molecule has 1 saturated heterocycles. The van der Waals surface area contributed by atoms with Crippen molar-refractivity contribution in [2.45, 2.75) is 37.4 Å². The second kappa shape index (κ2) is 7.70. The minimum Gasteiger partial charge on any atom is -0.395 e. The van der Waals surface area contributed by atoms with Crippen LogP contribution in [0.3, 0.4) is 0 Å². The van der Waals surface area contributed by atoms with Gasteiger partial charge in [0.2, 0.25) is 0 Å². The van der Waals surface area contributed by atoms with Crippen molar-refractivity contribution in [2.75, 3.05) is 6.61 Å². The Morgan fingerprint density at radius 2 is 1.92 bits per heavy atom. The number of carbonyl (C=O) groups excluding carboxylic acids is 1. The average molecular weight is 347 g/mol. The first-order valence-electron chi connectivity index (χ1n) is 8.04. The molecule has 0 spiro atoms. The summed E-state index contributed by atoms with van der Waals surface area (Å²) in [7, 11) is 0. The third-order valence-electron chi connectivity index (χ3n) is 4.33. The van der Waals surface area contributed by atoms with Crippen molar-refractivity contribution in [3.05, 3.63) is 47.8 Å². The number of benzene rings is 1. The van der Waals surface area contributed by atoms with Crippen molar-refractivity contribution >= 4 is 5.91 Å². The van der Waals surface area contributed by atoms with Crippen molar-refractivity contribution in [3.8, 4) is 0 Å². The van der Waals surface area contributed by atoms with E-state index in [0.29, 0.717) is 11.3 Å². The van der Waals surface area contributed by atoms with Crippen LogP contribution in [0.4, 0.5) is 0 Å². The van der Waals surface area contributed by atoms with E-state index in [1.54, 1.807) is 28.9 Å². The first kappa shape index (κ1) is 17.5. The van der Waals surface area contributed by atoms with Gasteiger partial charge in [-0.2, -0.15) is 0 Å². The van der Waals surface area contributed by atoms with Crippen LogP contribution in [0, 0.1) is 0 Å². The van der Waals surface area contributed by atoms with E-state index >= 15 is 0 Å². The van der Waals surface area contributed by atoms with Crippen LogP contribution in [-0.2, 0) is 13.1 Å². The van der Waals surface area contributed by atoms with Crippen LogP contribution in [0.1, 0.15) is 16.1 Å². The minimum atomic E-state index is -1.04. The largest absolute Gasteiger partial charge is 0.395 e. The van der Waals surface area contributed by atoms with E-state index in [1.807, 2.05) is 6.07 Å². The van der Waals surface area contributed by atoms with Crippen LogP contribution in [-0.4, -0.2) is 67.1 Å². The first-order valence-corrected chi connectivity index (χ1v) is 8.04. The maximum Gasteiger partial charge on any atom is 0.251 e. The molecule has 1 aromatic carbocycles. The summed E-state index contributed by atoms with van der Waals surface area (Å²) in [5.74, 6) is -0.205. The SMILES string of the molecule is O=C(NCc1cnnn1C[C@H]1N[C@H](CO)[C@@H](O)[C@@H]1O)c1ccccc1. The summed E-state index contributed by atoms with van der Waals surface area (Å²) in [6.07, 6.45) is -0.528. The van der Waals surface area contributed by atoms with Crippen LogP contribution in [0.15, 0.2) is 36.5 Å². The molecule has 0 saturated carbocycles. The normalized spacial score (nSPS) is 25.9. The average Bonchev–Trinajstić information content (AvgIpc) is 3.19. The van der Waals surface area contributed by atoms with Gasteiger partial charge in [0.1, 0.15) is 0 Å². The van der Waals surface area contributed by atoms with E-state index in [1.165, 1.54) is 6.20 Å². The molecule has 25 heavy (non-hydrogen) atoms. The lowest BCUT2D eigenvalue weighted by Gasteiger charge is -2.17. The molecule has 9 nitrogen and oxygen atoms in total. The summed E-state index contributed by atoms with van der Waals surface area (Å²) in [5, 5.41) is 42.7. The smallest absolute Gasteiger partial charge is 0.251 e. The van der Waals surface area contributed by atoms with Crippen molar-refractivity contribution in [1.29, 1.82) is 0 Å². The topological polar surface area (TPSA) is 133 Å². The lowest BCUT2D eigenvalue weighted by Crippen LogP contribution is -2.39. The van der Waals surface area contributed by atoms with Gasteiger partial charge in [0.25, 0.3) is 5.91 Å². The predicted molar refractivity (Wildman–Crippen MR) is 87.4 cm³/mol. The number of hydrogen-bond donors (Lipinski definition) is 5. The van der Waals surface area contributed by atoms with Gasteiger partial charge in [-0.1, -0.05) is 23.4 Å². The van der Waals surface area contributed by atoms with Gasteiger partial charge in [0.05, 0.1) is 55.9 Å². The molecule has 0 unspecified atom stereocenters. The van der Waals surface area contributed by atoms with Crippen molar-refractivity contribution in [1.82, 2.24) is 25.6 Å². The standard InChI is InChI=1S/C16H21N5O4/c22-9-13-15(24)14(23)12(19-13)8-21-11(7-18-20-21)6-17-16(25)10-4-2-1-3-5-10/h1-5,7,12-15,19,22-24H,6,8-9H2,(H,17,25)/t12-,13-,14-,15-/m1/s1. The molecule has 1 aromatic heterocycles. The first-order chi connectivity index (χ1) is 12.1. The van der Waals surface area contributed by atoms with Crippen LogP contribution in [0.2, 0.25) is 0 Å². The number of aliphatic hydroxyl groups is 3. The summed E-state index contributed by atoms with van der Waals surface area (Å²) in [6.45, 7) is 0.215. The zero-order chi connectivity index (χ0) is 17.8. The van der Waals surface area contributed by atoms with Gasteiger partial charge < -0.3 is 26.0 Å². The van der Waals surface area contributed by atoms with Crippen LogP contribution >= 0.6 is 0 Å². The Labute approximate surface area is 144 Å². The van der Waals surface area contributed by atoms with E-state index in [0.717, 1.165) is 0 Å². The second-order valence-electron chi connectivity index (χ2n) is 6.00. The Morgan fingerprint density at radius 3 is 2.60 bits per heavy atom. The van der Waals surface area contributed by atoms with Crippen molar-refractivity contribution < 1.29 is 20.1 Å². The summed E-state index contributed by atoms with van der Waals surface area (Å²) < 4.78 is 1.55. The number of aliphatic hydroxyl groups excluding tert-OH is 3. The molecule has 3 rings (SSSR count). The predicted octanol–water partition coefficient (Wildman–Crippen LogP) is -1.74. The van der Waals surface area contributed by atoms with Gasteiger partial charge in [-0.3, -0.25) is 4.79 Å². The molecule has 134 valence electrons. The highest BCUT2D eigenvalue weighted by molar-refractivity contribution is 5.94. The highest BCUT2D eigenvalue weighted by Gasteiger charge is 2.40. The molecule has 0 aliphatic carbocycles. The van der Waals surface area contributed by atoms with Crippen LogP contribution < -0.4 is 10.6 Å². The van der Waals surface area contributed by atoms with Gasteiger partial charge in [-0.15, -0.1) is 5.10 Å². The lowest BCUT2D eigenvalue weighted by atomic mass is 10.1. The molecule has 1 aliphatic rings. The zero-order valence-corrected chi connectivity index (χ0v) is 13.5. The van der Waals surface area contributed by atoms with E-state index in [2.05, 4.69) is 20.9 Å². The third-order valence-corrected chi connectivity index (χ3v) is 4.33. The number of aromatic nitrogens is 3. The molecule has 0 radical (unpaired) electrons. The molecule has 5 N–H and O–H groups in total. The number of carbonyl (C=O) groups is 1. The maximum atomic E-state index is 12.1. The Balaban J connectivity index is 1.61. The Hall–Kier alpha value is -2.33. The molecule has 4 atom stereocenters. The zero-order valence-electron chi connectivity index (χ0n) is 13.5. The molecule has 2 heterocycles. The van der Waals surface area contributed by atoms with Gasteiger partial charge in [-0.05, 0) is 12.1 Å². The van der Waals surface area contributed by atoms with Crippen molar-refractivity contribution in [2.24, 2.45) is 0 Å². The Kier molecular flexibility index (Phi) is 5.39. The maximum absolute atomic E-state index is 12.1. The Morgan fingerprint density at radius 1 is 1.20 bits per heavy atom. The monoisotopic (exact) mass is 347 g/mol. The molecule has 0 bridgehead atoms. The number of nitrogens with zero attached hydrogens (tertiary/aromatic N) is 3. The van der Waals surface area contributed by atoms with Gasteiger partial charge >= 0.3 is 0 Å². The highest BCUT2D eigenvalue weighted by atomic mass is 16.3. The fourth-order valence-electron chi connectivity index (χ4n) is 2.89. The molecular formula is C16H21N5O4. The fourth-order valence-corrected chi connectivity index (χ4v) is 2.89. The number of hydrogen-bond acceptors (Lipinski definition) is 7. The molecule has 1 fully saturated rings. The molecule has 9 heteroatoms. The summed E-state index contributed by atoms with van der Waals surface area (Å²) >= 11 is 0. The number of rotatable bonds is 6. The van der Waals surface area contributed by atoms with Crippen molar-refractivity contribution in [3.63, 3.8) is 0 Å². The minimum absolute atomic E-state index is 0.205. The summed E-state index contributed by atoms with van der Waals surface area (Å²) in [4.78, 5) is 12.1. The van der Waals surface area contributed by atoms with Gasteiger partial charge in [-0.25, -0.2) is 4.68 Å². The Bertz CT molecular complexity index is 708.